The van der Waals surface area contributed by atoms with Gasteiger partial charge in [0.1, 0.15) is 19.7 Å². The Hall–Kier alpha value is -0.170. The predicted octanol–water partition coefficient (Wildman–Crippen LogP) is -1.84. The normalized spacial score (nSPS) is 10.9. The second-order valence-corrected chi connectivity index (χ2v) is 4.17. The Bertz CT molecular complexity index is 265. The zero-order valence-corrected chi connectivity index (χ0v) is 11.5. The molecule has 1 aromatic carbocycles. The summed E-state index contributed by atoms with van der Waals surface area (Å²) in [7, 11) is 4.35. The quantitative estimate of drug-likeness (QED) is 0.393. The summed E-state index contributed by atoms with van der Waals surface area (Å²) in [6.45, 7) is 2.52. The third kappa shape index (κ3) is 6.09. The van der Waals surface area contributed by atoms with Crippen molar-refractivity contribution in [3.05, 3.63) is 35.9 Å². The van der Waals surface area contributed by atoms with E-state index in [2.05, 4.69) is 43.2 Å². The summed E-state index contributed by atoms with van der Waals surface area (Å²) in [5.41, 5.74) is 1.34. The Morgan fingerprint density at radius 2 is 1.80 bits per heavy atom. The van der Waals surface area contributed by atoms with E-state index in [4.69, 9.17) is 5.90 Å². The van der Waals surface area contributed by atoms with E-state index >= 15 is 0 Å². The molecule has 0 aliphatic heterocycles. The van der Waals surface area contributed by atoms with Gasteiger partial charge in [-0.1, -0.05) is 30.3 Å². The van der Waals surface area contributed by atoms with Gasteiger partial charge in [0.05, 0.1) is 14.1 Å². The third-order valence-electron chi connectivity index (χ3n) is 2.27. The largest absolute Gasteiger partial charge is 1.00 e. The molecule has 0 bridgehead atoms. The number of halogens is 1. The Morgan fingerprint density at radius 3 is 2.33 bits per heavy atom. The molecule has 15 heavy (non-hydrogen) atoms. The number of quaternary nitrogens is 1. The lowest BCUT2D eigenvalue weighted by atomic mass is 10.2. The van der Waals surface area contributed by atoms with Gasteiger partial charge in [0, 0.05) is 5.56 Å². The van der Waals surface area contributed by atoms with Crippen molar-refractivity contribution in [2.24, 2.45) is 5.90 Å². The van der Waals surface area contributed by atoms with E-state index in [9.17, 15) is 0 Å². The van der Waals surface area contributed by atoms with Crippen LogP contribution in [0, 0.1) is 0 Å². The first kappa shape index (κ1) is 14.8. The van der Waals surface area contributed by atoms with Crippen molar-refractivity contribution in [2.75, 3.05) is 27.2 Å². The first-order valence-corrected chi connectivity index (χ1v) is 4.82. The summed E-state index contributed by atoms with van der Waals surface area (Å²) in [4.78, 5) is 4.60. The van der Waals surface area contributed by atoms with Gasteiger partial charge in [-0.2, -0.15) is 0 Å². The molecule has 0 radical (unpaired) electrons. The summed E-state index contributed by atoms with van der Waals surface area (Å²) in [6, 6.07) is 10.4. The smallest absolute Gasteiger partial charge is 0.117 e. The molecule has 2 N–H and O–H groups in total. The van der Waals surface area contributed by atoms with Gasteiger partial charge in [-0.25, -0.2) is 5.90 Å². The molecule has 3 nitrogen and oxygen atoms in total. The Kier molecular flexibility index (Phi) is 7.08. The molecule has 4 heteroatoms. The van der Waals surface area contributed by atoms with Gasteiger partial charge < -0.3 is 28.5 Å². The zero-order valence-electron chi connectivity index (χ0n) is 9.32. The minimum absolute atomic E-state index is 0. The van der Waals surface area contributed by atoms with Gasteiger partial charge in [-0.15, -0.1) is 0 Å². The van der Waals surface area contributed by atoms with E-state index < -0.39 is 0 Å². The molecular weight excluding hydrogens is 303 g/mol. The lowest BCUT2D eigenvalue weighted by Crippen LogP contribution is -3.00. The molecule has 0 saturated carbocycles. The molecule has 0 atom stereocenters. The maximum Gasteiger partial charge on any atom is 0.117 e. The number of hydrogen-bond donors (Lipinski definition) is 1. The average molecular weight is 322 g/mol. The van der Waals surface area contributed by atoms with Crippen molar-refractivity contribution in [3.8, 4) is 0 Å². The Morgan fingerprint density at radius 1 is 1.20 bits per heavy atom. The number of benzene rings is 1. The van der Waals surface area contributed by atoms with E-state index in [0.717, 1.165) is 17.6 Å². The van der Waals surface area contributed by atoms with Gasteiger partial charge in [0.2, 0.25) is 0 Å². The summed E-state index contributed by atoms with van der Waals surface area (Å²) < 4.78 is 0.890. The lowest BCUT2D eigenvalue weighted by molar-refractivity contribution is -0.904. The monoisotopic (exact) mass is 322 g/mol. The van der Waals surface area contributed by atoms with Crippen molar-refractivity contribution >= 4 is 0 Å². The van der Waals surface area contributed by atoms with Crippen LogP contribution in [0.3, 0.4) is 0 Å². The van der Waals surface area contributed by atoms with Gasteiger partial charge in [0.25, 0.3) is 0 Å². The van der Waals surface area contributed by atoms with Crippen LogP contribution < -0.4 is 29.9 Å². The molecule has 86 valence electrons. The van der Waals surface area contributed by atoms with Gasteiger partial charge in [-0.3, -0.25) is 4.84 Å². The minimum atomic E-state index is 0. The van der Waals surface area contributed by atoms with Crippen LogP contribution in [0.4, 0.5) is 0 Å². The van der Waals surface area contributed by atoms with Crippen LogP contribution in [0.5, 0.6) is 0 Å². The number of likely N-dealkylation sites (N-methyl/N-ethyl adjacent to an activating group) is 1. The number of nitrogens with zero attached hydrogens (tertiary/aromatic N) is 1. The highest BCUT2D eigenvalue weighted by atomic mass is 127. The van der Waals surface area contributed by atoms with Crippen molar-refractivity contribution in [3.63, 3.8) is 0 Å². The summed E-state index contributed by atoms with van der Waals surface area (Å²) in [5.74, 6) is 5.02. The van der Waals surface area contributed by atoms with Crippen LogP contribution in [0.2, 0.25) is 0 Å². The Balaban J connectivity index is 0.00000196. The predicted molar refractivity (Wildman–Crippen MR) is 57.3 cm³/mol. The maximum atomic E-state index is 5.02. The highest BCUT2D eigenvalue weighted by Crippen LogP contribution is 2.08. The van der Waals surface area contributed by atoms with Crippen LogP contribution in [0.15, 0.2) is 30.3 Å². The molecule has 0 amide bonds. The molecule has 0 unspecified atom stereocenters. The van der Waals surface area contributed by atoms with Crippen molar-refractivity contribution < 1.29 is 33.3 Å². The number of rotatable bonds is 5. The van der Waals surface area contributed by atoms with E-state index in [1.165, 1.54) is 5.56 Å². The van der Waals surface area contributed by atoms with E-state index in [1.807, 2.05) is 6.07 Å². The summed E-state index contributed by atoms with van der Waals surface area (Å²) in [6.07, 6.45) is 0. The third-order valence-corrected chi connectivity index (χ3v) is 2.27. The van der Waals surface area contributed by atoms with Crippen LogP contribution in [-0.2, 0) is 11.4 Å². The van der Waals surface area contributed by atoms with Crippen LogP contribution in [0.25, 0.3) is 0 Å². The number of nitrogens with two attached hydrogens (primary N) is 1. The molecule has 0 aliphatic carbocycles. The van der Waals surface area contributed by atoms with Crippen molar-refractivity contribution in [2.45, 2.75) is 6.54 Å². The van der Waals surface area contributed by atoms with Gasteiger partial charge in [0.15, 0.2) is 0 Å². The van der Waals surface area contributed by atoms with E-state index in [-0.39, 0.29) is 24.0 Å². The molecule has 0 saturated heterocycles. The van der Waals surface area contributed by atoms with E-state index in [0.29, 0.717) is 6.61 Å². The van der Waals surface area contributed by atoms with E-state index in [1.54, 1.807) is 0 Å². The molecule has 1 rings (SSSR count). The molecule has 0 spiro atoms. The molecule has 0 fully saturated rings. The number of hydrogen-bond acceptors (Lipinski definition) is 2. The molecule has 0 aromatic heterocycles. The summed E-state index contributed by atoms with van der Waals surface area (Å²) >= 11 is 0. The highest BCUT2D eigenvalue weighted by molar-refractivity contribution is 5.13. The second-order valence-electron chi connectivity index (χ2n) is 4.17. The van der Waals surface area contributed by atoms with Gasteiger partial charge >= 0.3 is 0 Å². The second kappa shape index (κ2) is 7.16. The minimum Gasteiger partial charge on any atom is -1.00 e. The SMILES string of the molecule is C[N+](C)(CCON)Cc1ccccc1.[I-]. The highest BCUT2D eigenvalue weighted by Gasteiger charge is 2.14. The van der Waals surface area contributed by atoms with Crippen LogP contribution in [0.1, 0.15) is 5.56 Å². The first-order chi connectivity index (χ1) is 6.64. The molecule has 0 heterocycles. The summed E-state index contributed by atoms with van der Waals surface area (Å²) in [5, 5.41) is 0. The zero-order chi connectivity index (χ0) is 10.4. The van der Waals surface area contributed by atoms with Crippen LogP contribution in [-0.4, -0.2) is 31.7 Å². The van der Waals surface area contributed by atoms with Gasteiger partial charge in [-0.05, 0) is 0 Å². The fraction of sp³-hybridized carbons (Fsp3) is 0.455. The molecule has 1 aromatic rings. The fourth-order valence-corrected chi connectivity index (χ4v) is 1.46. The first-order valence-electron chi connectivity index (χ1n) is 4.82. The average Bonchev–Trinajstić information content (AvgIpc) is 2.16. The topological polar surface area (TPSA) is 35.2 Å². The van der Waals surface area contributed by atoms with Crippen molar-refractivity contribution in [1.82, 2.24) is 0 Å². The lowest BCUT2D eigenvalue weighted by Gasteiger charge is -2.29. The molecule has 0 aliphatic rings. The van der Waals surface area contributed by atoms with Crippen molar-refractivity contribution in [1.29, 1.82) is 0 Å². The fourth-order valence-electron chi connectivity index (χ4n) is 1.46. The van der Waals surface area contributed by atoms with Crippen LogP contribution >= 0.6 is 0 Å². The Labute approximate surface area is 109 Å². The molecular formula is C11H19IN2O. The maximum absolute atomic E-state index is 5.02. The standard InChI is InChI=1S/C11H19N2O.HI/c1-13(2,8-9-14-12)10-11-6-4-3-5-7-11;/h3-7H,8-10,12H2,1-2H3;1H/q+1;/p-1.